The number of nitrogens with one attached hydrogen (secondary N) is 2. The van der Waals surface area contributed by atoms with Crippen LogP contribution in [0.15, 0.2) is 17.2 Å². The van der Waals surface area contributed by atoms with E-state index in [0.29, 0.717) is 17.6 Å². The Morgan fingerprint density at radius 1 is 1.45 bits per heavy atom. The predicted octanol–water partition coefficient (Wildman–Crippen LogP) is 0.242. The fourth-order valence-electron chi connectivity index (χ4n) is 2.84. The maximum Gasteiger partial charge on any atom is 0.348 e. The van der Waals surface area contributed by atoms with Gasteiger partial charge in [-0.3, -0.25) is 0 Å². The third-order valence-electron chi connectivity index (χ3n) is 4.32. The van der Waals surface area contributed by atoms with Gasteiger partial charge in [0.05, 0.1) is 0 Å². The maximum absolute atomic E-state index is 11.4. The van der Waals surface area contributed by atoms with E-state index in [1.165, 1.54) is 4.40 Å². The molecule has 0 aromatic carbocycles. The molecule has 2 aromatic rings. The normalized spacial score (nSPS) is 18.6. The average Bonchev–Trinajstić information content (AvgIpc) is 2.87. The second kappa shape index (κ2) is 5.24. The zero-order valence-corrected chi connectivity index (χ0v) is 11.8. The second-order valence-electron chi connectivity index (χ2n) is 5.41. The molecule has 1 unspecified atom stereocenters. The van der Waals surface area contributed by atoms with Gasteiger partial charge in [-0.05, 0) is 32.7 Å². The molecule has 1 fully saturated rings. The molecule has 108 valence electrons. The Balaban J connectivity index is 1.74. The lowest BCUT2D eigenvalue weighted by atomic mass is 9.90. The highest BCUT2D eigenvalue weighted by molar-refractivity contribution is 5.50. The third-order valence-corrected chi connectivity index (χ3v) is 4.32. The predicted molar refractivity (Wildman–Crippen MR) is 77.1 cm³/mol. The van der Waals surface area contributed by atoms with E-state index in [-0.39, 0.29) is 5.69 Å². The Morgan fingerprint density at radius 2 is 2.20 bits per heavy atom. The summed E-state index contributed by atoms with van der Waals surface area (Å²) in [5, 5.41) is 9.74. The monoisotopic (exact) mass is 276 g/mol. The molecule has 1 saturated heterocycles. The topological polar surface area (TPSA) is 78.3 Å². The summed E-state index contributed by atoms with van der Waals surface area (Å²) in [6.07, 6.45) is 3.85. The van der Waals surface area contributed by atoms with E-state index in [1.807, 2.05) is 13.1 Å². The molecule has 1 aliphatic heterocycles. The first-order chi connectivity index (χ1) is 9.69. The van der Waals surface area contributed by atoms with Gasteiger partial charge in [0.1, 0.15) is 12.1 Å². The molecule has 0 bridgehead atoms. The second-order valence-corrected chi connectivity index (χ2v) is 5.41. The molecule has 2 aromatic heterocycles. The number of fused-ring (bicyclic) bond motifs is 1. The standard InChI is InChI=1S/C13H20N6O/c1-9(14-2)10-3-5-18(6-4-10)11-7-12-16-17-13(20)19(12)8-15-11/h7-10,14H,3-6H2,1-2H3,(H,17,20). The van der Waals surface area contributed by atoms with E-state index in [0.717, 1.165) is 31.7 Å². The molecule has 7 heteroatoms. The molecule has 20 heavy (non-hydrogen) atoms. The fourth-order valence-corrected chi connectivity index (χ4v) is 2.84. The van der Waals surface area contributed by atoms with Crippen molar-refractivity contribution in [3.8, 4) is 0 Å². The SMILES string of the molecule is CNC(C)C1CCN(c2cc3n[nH]c(=O)n3cn2)CC1. The third kappa shape index (κ3) is 2.29. The summed E-state index contributed by atoms with van der Waals surface area (Å²) in [5.41, 5.74) is 0.367. The van der Waals surface area contributed by atoms with Gasteiger partial charge >= 0.3 is 5.69 Å². The molecular formula is C13H20N6O. The lowest BCUT2D eigenvalue weighted by molar-refractivity contribution is 0.323. The maximum atomic E-state index is 11.4. The Morgan fingerprint density at radius 3 is 2.90 bits per heavy atom. The van der Waals surface area contributed by atoms with Crippen LogP contribution in [-0.4, -0.2) is 45.8 Å². The van der Waals surface area contributed by atoms with Crippen molar-refractivity contribution in [2.45, 2.75) is 25.8 Å². The minimum Gasteiger partial charge on any atom is -0.356 e. The van der Waals surface area contributed by atoms with Gasteiger partial charge in [-0.15, -0.1) is 0 Å². The number of hydrogen-bond acceptors (Lipinski definition) is 5. The Bertz CT molecular complexity index is 640. The van der Waals surface area contributed by atoms with Crippen LogP contribution in [0.1, 0.15) is 19.8 Å². The van der Waals surface area contributed by atoms with Gasteiger partial charge in [-0.2, -0.15) is 5.10 Å². The van der Waals surface area contributed by atoms with Gasteiger partial charge in [0.2, 0.25) is 0 Å². The molecule has 3 rings (SSSR count). The summed E-state index contributed by atoms with van der Waals surface area (Å²) in [4.78, 5) is 18.0. The Kier molecular flexibility index (Phi) is 3.43. The van der Waals surface area contributed by atoms with Crippen LogP contribution >= 0.6 is 0 Å². The number of H-pyrrole nitrogens is 1. The van der Waals surface area contributed by atoms with Crippen LogP contribution in [0.5, 0.6) is 0 Å². The van der Waals surface area contributed by atoms with Crippen LogP contribution in [-0.2, 0) is 0 Å². The van der Waals surface area contributed by atoms with Crippen LogP contribution in [0.4, 0.5) is 5.82 Å². The number of aromatic amines is 1. The van der Waals surface area contributed by atoms with E-state index >= 15 is 0 Å². The van der Waals surface area contributed by atoms with Crippen LogP contribution < -0.4 is 15.9 Å². The summed E-state index contributed by atoms with van der Waals surface area (Å²) >= 11 is 0. The first-order valence-corrected chi connectivity index (χ1v) is 7.04. The minimum atomic E-state index is -0.249. The summed E-state index contributed by atoms with van der Waals surface area (Å²) in [6, 6.07) is 2.41. The van der Waals surface area contributed by atoms with E-state index in [9.17, 15) is 4.79 Å². The molecule has 0 spiro atoms. The van der Waals surface area contributed by atoms with Crippen molar-refractivity contribution in [1.29, 1.82) is 0 Å². The average molecular weight is 276 g/mol. The number of rotatable bonds is 3. The van der Waals surface area contributed by atoms with Crippen molar-refractivity contribution < 1.29 is 0 Å². The molecule has 3 heterocycles. The van der Waals surface area contributed by atoms with Crippen LogP contribution in [0.2, 0.25) is 0 Å². The Labute approximate surface area is 117 Å². The number of anilines is 1. The van der Waals surface area contributed by atoms with Crippen LogP contribution in [0.3, 0.4) is 0 Å². The molecule has 0 saturated carbocycles. The lowest BCUT2D eigenvalue weighted by Crippen LogP contribution is -2.41. The van der Waals surface area contributed by atoms with Crippen LogP contribution in [0, 0.1) is 5.92 Å². The van der Waals surface area contributed by atoms with Gasteiger partial charge < -0.3 is 10.2 Å². The number of hydrogen-bond donors (Lipinski definition) is 2. The van der Waals surface area contributed by atoms with Gasteiger partial charge in [0, 0.05) is 25.2 Å². The summed E-state index contributed by atoms with van der Waals surface area (Å²) < 4.78 is 1.42. The summed E-state index contributed by atoms with van der Waals surface area (Å²) in [7, 11) is 2.02. The highest BCUT2D eigenvalue weighted by Gasteiger charge is 2.23. The minimum absolute atomic E-state index is 0.249. The molecule has 0 radical (unpaired) electrons. The largest absolute Gasteiger partial charge is 0.356 e. The van der Waals surface area contributed by atoms with Crippen molar-refractivity contribution in [2.75, 3.05) is 25.0 Å². The van der Waals surface area contributed by atoms with E-state index in [4.69, 9.17) is 0 Å². The first-order valence-electron chi connectivity index (χ1n) is 7.04. The number of nitrogens with zero attached hydrogens (tertiary/aromatic N) is 4. The van der Waals surface area contributed by atoms with Crippen molar-refractivity contribution in [1.82, 2.24) is 24.9 Å². The highest BCUT2D eigenvalue weighted by Crippen LogP contribution is 2.24. The summed E-state index contributed by atoms with van der Waals surface area (Å²) in [5.74, 6) is 1.61. The zero-order valence-electron chi connectivity index (χ0n) is 11.8. The van der Waals surface area contributed by atoms with E-state index in [2.05, 4.69) is 32.3 Å². The smallest absolute Gasteiger partial charge is 0.348 e. The van der Waals surface area contributed by atoms with Crippen molar-refractivity contribution >= 4 is 11.5 Å². The molecule has 0 aliphatic carbocycles. The quantitative estimate of drug-likeness (QED) is 0.840. The van der Waals surface area contributed by atoms with E-state index < -0.39 is 0 Å². The fraction of sp³-hybridized carbons (Fsp3) is 0.615. The molecule has 1 atom stereocenters. The van der Waals surface area contributed by atoms with Crippen molar-refractivity contribution in [3.05, 3.63) is 22.9 Å². The molecule has 2 N–H and O–H groups in total. The van der Waals surface area contributed by atoms with Crippen LogP contribution in [0.25, 0.3) is 5.65 Å². The van der Waals surface area contributed by atoms with Gasteiger partial charge in [-0.25, -0.2) is 19.3 Å². The van der Waals surface area contributed by atoms with Gasteiger partial charge in [-0.1, -0.05) is 0 Å². The van der Waals surface area contributed by atoms with Gasteiger partial charge in [0.15, 0.2) is 5.65 Å². The Hall–Kier alpha value is -1.89. The number of aromatic nitrogens is 4. The highest BCUT2D eigenvalue weighted by atomic mass is 16.1. The summed E-state index contributed by atoms with van der Waals surface area (Å²) in [6.45, 7) is 4.23. The molecule has 0 amide bonds. The molecule has 1 aliphatic rings. The zero-order chi connectivity index (χ0) is 14.1. The first kappa shape index (κ1) is 13.1. The van der Waals surface area contributed by atoms with E-state index in [1.54, 1.807) is 6.33 Å². The molecule has 7 nitrogen and oxygen atoms in total. The molecular weight excluding hydrogens is 256 g/mol. The van der Waals surface area contributed by atoms with Gasteiger partial charge in [0.25, 0.3) is 0 Å². The lowest BCUT2D eigenvalue weighted by Gasteiger charge is -2.35. The number of piperidine rings is 1. The van der Waals surface area contributed by atoms with Crippen molar-refractivity contribution in [2.24, 2.45) is 5.92 Å². The van der Waals surface area contributed by atoms with Crippen molar-refractivity contribution in [3.63, 3.8) is 0 Å².